The zero-order valence-electron chi connectivity index (χ0n) is 72.1. The SMILES string of the molecule is CC[C@@H]1NC(=O)[C@H]([C@H](O)[C@H](C)CCCCCCCCC(=O)c2ccc(C(=O)N(CC)CC)cc2)N(C)C(=O)[C@H](C(C)C)N(C)C(=O)[C@H](CC(C)C)N(C)C(=O)[C@H](CC(C)C)N(C)C(=O)[C@@H](C)NC(=O)[C@H](C)NC(=O)[C@H](CC(C)C)N(C)C(=O)[C@H](C(C)C)NC(=O)[C@H](CC(C)C)N(C)C(=O)[C@@H](CSCCCCO)N(C)C1=O. The Hall–Kier alpha value is -7.20. The molecule has 0 spiro atoms. The molecule has 1 aromatic carbocycles. The van der Waals surface area contributed by atoms with Gasteiger partial charge in [0.15, 0.2) is 5.78 Å². The van der Waals surface area contributed by atoms with Crippen molar-refractivity contribution in [1.82, 2.24) is 60.5 Å². The molecule has 1 fully saturated rings. The highest BCUT2D eigenvalue weighted by molar-refractivity contribution is 7.99. The van der Waals surface area contributed by atoms with Crippen LogP contribution in [0.25, 0.3) is 0 Å². The summed E-state index contributed by atoms with van der Waals surface area (Å²) in [7, 11) is 10.0. The van der Waals surface area contributed by atoms with E-state index in [-0.39, 0.29) is 79.8 Å². The summed E-state index contributed by atoms with van der Waals surface area (Å²) in [6, 6.07) is -7.38. The van der Waals surface area contributed by atoms with Gasteiger partial charge in [-0.1, -0.05) is 141 Å². The summed E-state index contributed by atoms with van der Waals surface area (Å²) in [5.74, 6) is -9.83. The molecular weight excluding hydrogens is 1440 g/mol. The van der Waals surface area contributed by atoms with Crippen LogP contribution in [0.1, 0.15) is 242 Å². The van der Waals surface area contributed by atoms with Gasteiger partial charge < -0.3 is 70.7 Å². The average molecular weight is 1580 g/mol. The topological polar surface area (TPSA) is 336 Å². The molecule has 0 radical (unpaired) electrons. The summed E-state index contributed by atoms with van der Waals surface area (Å²) in [6.07, 6.45) is 5.11. The van der Waals surface area contributed by atoms with E-state index in [1.807, 2.05) is 69.2 Å². The number of carbonyl (C=O) groups excluding carboxylic acids is 13. The molecule has 1 aliphatic heterocycles. The Balaban J connectivity index is 2.96. The smallest absolute Gasteiger partial charge is 0.253 e. The van der Waals surface area contributed by atoms with Crippen LogP contribution in [-0.2, 0) is 52.7 Å². The first kappa shape index (κ1) is 99.9. The van der Waals surface area contributed by atoms with Crippen molar-refractivity contribution < 1.29 is 72.5 Å². The Bertz CT molecular complexity index is 3180. The summed E-state index contributed by atoms with van der Waals surface area (Å²) in [6.45, 7) is 33.1. The first-order valence-corrected chi connectivity index (χ1v) is 41.9. The minimum absolute atomic E-state index is 0.0104. The van der Waals surface area contributed by atoms with E-state index in [1.54, 1.807) is 70.7 Å². The first-order chi connectivity index (χ1) is 51.9. The summed E-state index contributed by atoms with van der Waals surface area (Å²) >= 11 is 1.35. The van der Waals surface area contributed by atoms with E-state index in [0.717, 1.165) is 30.6 Å². The molecule has 1 aromatic rings. The Kier molecular flexibility index (Phi) is 43.9. The third kappa shape index (κ3) is 29.9. The summed E-state index contributed by atoms with van der Waals surface area (Å²) < 4.78 is 0. The number of nitrogens with one attached hydrogen (secondary N) is 4. The number of aliphatic hydroxyl groups is 2. The van der Waals surface area contributed by atoms with Crippen LogP contribution in [0.3, 0.4) is 0 Å². The fourth-order valence-electron chi connectivity index (χ4n) is 14.3. The number of likely N-dealkylation sites (N-methyl/N-ethyl adjacent to an activating group) is 7. The molecule has 2 rings (SSSR count). The van der Waals surface area contributed by atoms with Crippen molar-refractivity contribution in [1.29, 1.82) is 0 Å². The van der Waals surface area contributed by atoms with Crippen molar-refractivity contribution in [2.45, 2.75) is 294 Å². The third-order valence-corrected chi connectivity index (χ3v) is 22.6. The maximum atomic E-state index is 15.7. The first-order valence-electron chi connectivity index (χ1n) is 40.8. The van der Waals surface area contributed by atoms with Gasteiger partial charge in [0, 0.05) is 92.3 Å². The van der Waals surface area contributed by atoms with Crippen LogP contribution in [0.4, 0.5) is 0 Å². The summed E-state index contributed by atoms with van der Waals surface area (Å²) in [4.78, 5) is 202. The molecule has 12 amide bonds. The molecular formula is C83H144N12O15S. The quantitative estimate of drug-likeness (QED) is 0.0298. The van der Waals surface area contributed by atoms with Gasteiger partial charge in [-0.05, 0) is 145 Å². The second-order valence-electron chi connectivity index (χ2n) is 33.1. The van der Waals surface area contributed by atoms with E-state index in [0.29, 0.717) is 68.5 Å². The molecule has 13 atom stereocenters. The molecule has 0 bridgehead atoms. The highest BCUT2D eigenvalue weighted by Gasteiger charge is 2.47. The number of ketones is 1. The maximum Gasteiger partial charge on any atom is 0.253 e. The number of unbranched alkanes of at least 4 members (excludes halogenated alkanes) is 6. The lowest BCUT2D eigenvalue weighted by molar-refractivity contribution is -0.157. The second kappa shape index (κ2) is 48.8. The largest absolute Gasteiger partial charge is 0.396 e. The number of aliphatic hydroxyl groups excluding tert-OH is 2. The van der Waals surface area contributed by atoms with Crippen molar-refractivity contribution in [2.24, 2.45) is 41.4 Å². The van der Waals surface area contributed by atoms with Gasteiger partial charge in [0.25, 0.3) is 5.91 Å². The van der Waals surface area contributed by atoms with Gasteiger partial charge in [-0.3, -0.25) is 62.3 Å². The molecule has 1 saturated heterocycles. The van der Waals surface area contributed by atoms with Crippen LogP contribution in [0, 0.1) is 41.4 Å². The van der Waals surface area contributed by atoms with Gasteiger partial charge in [0.05, 0.1) is 6.10 Å². The zero-order chi connectivity index (χ0) is 84.8. The molecule has 0 saturated carbocycles. The van der Waals surface area contributed by atoms with Gasteiger partial charge in [0.1, 0.15) is 66.5 Å². The van der Waals surface area contributed by atoms with Crippen LogP contribution >= 0.6 is 11.8 Å². The van der Waals surface area contributed by atoms with Crippen LogP contribution < -0.4 is 21.3 Å². The molecule has 0 aliphatic carbocycles. The van der Waals surface area contributed by atoms with E-state index in [4.69, 9.17) is 0 Å². The number of Topliss-reactive ketones (excluding diaryl/α,β-unsaturated/α-hetero) is 1. The highest BCUT2D eigenvalue weighted by atomic mass is 32.2. The third-order valence-electron chi connectivity index (χ3n) is 21.4. The standard InChI is InChI=1S/C83H144N12O15S/c1-26-61-78(105)92(23)66(49-111-44-36-35-43-96)81(108)88(19)63(46-51(6)7)74(101)87-68(54(12)13)82(109)89(20)62(45-50(4)5)73(100)84-57(17)72(99)85-58(18)76(103)90(21)64(47-52(8)9)79(106)91(22)65(48-53(10)11)80(107)93(24)69(55(14)15)83(110)94(25)70(75(102)86-61)71(98)56(16)37-33-31-29-30-32-34-38-67(97)59-39-41-60(42-40-59)77(104)95(27-2)28-3/h39-42,50-58,61-66,68-71,96,98H,26-38,43-49H2,1-25H3,(H,84,100)(H,85,99)(H,86,102)(H,87,101)/t56-,57+,58-,61+,62+,63+,64+,65+,66-,68+,69+,70+,71-/m1/s1. The zero-order valence-corrected chi connectivity index (χ0v) is 72.9. The van der Waals surface area contributed by atoms with Crippen LogP contribution in [-0.4, -0.2) is 279 Å². The van der Waals surface area contributed by atoms with Crippen LogP contribution in [0.15, 0.2) is 24.3 Å². The predicted octanol–water partition coefficient (Wildman–Crippen LogP) is 7.66. The van der Waals surface area contributed by atoms with Gasteiger partial charge in [-0.25, -0.2) is 0 Å². The summed E-state index contributed by atoms with van der Waals surface area (Å²) in [5, 5.41) is 33.6. The number of nitrogens with zero attached hydrogens (tertiary/aromatic N) is 8. The maximum absolute atomic E-state index is 15.7. The van der Waals surface area contributed by atoms with E-state index in [9.17, 15) is 39.0 Å². The van der Waals surface area contributed by atoms with E-state index in [1.165, 1.54) is 104 Å². The van der Waals surface area contributed by atoms with E-state index >= 15 is 33.6 Å². The monoisotopic (exact) mass is 1580 g/mol. The summed E-state index contributed by atoms with van der Waals surface area (Å²) in [5.41, 5.74) is 1.07. The molecule has 111 heavy (non-hydrogen) atoms. The number of hydrogen-bond acceptors (Lipinski definition) is 16. The molecule has 632 valence electrons. The molecule has 0 aromatic heterocycles. The lowest BCUT2D eigenvalue weighted by atomic mass is 9.90. The normalized spacial score (nSPS) is 23.9. The van der Waals surface area contributed by atoms with Crippen LogP contribution in [0.2, 0.25) is 0 Å². The molecule has 27 nitrogen and oxygen atoms in total. The number of hydrogen-bond donors (Lipinski definition) is 6. The van der Waals surface area contributed by atoms with Crippen molar-refractivity contribution in [2.75, 3.05) is 80.5 Å². The predicted molar refractivity (Wildman–Crippen MR) is 437 cm³/mol. The fraction of sp³-hybridized carbons (Fsp3) is 0.771. The number of rotatable bonds is 32. The van der Waals surface area contributed by atoms with Gasteiger partial charge >= 0.3 is 0 Å². The number of benzene rings is 1. The van der Waals surface area contributed by atoms with E-state index in [2.05, 4.69) is 21.3 Å². The van der Waals surface area contributed by atoms with Gasteiger partial charge in [0.2, 0.25) is 65.0 Å². The number of carbonyl (C=O) groups is 13. The lowest BCUT2D eigenvalue weighted by Gasteiger charge is -2.41. The molecule has 1 aliphatic rings. The molecule has 0 unspecified atom stereocenters. The second-order valence-corrected chi connectivity index (χ2v) is 34.3. The molecule has 1 heterocycles. The highest BCUT2D eigenvalue weighted by Crippen LogP contribution is 2.28. The number of amides is 12. The van der Waals surface area contributed by atoms with Crippen LogP contribution in [0.5, 0.6) is 0 Å². The minimum atomic E-state index is -1.68. The minimum Gasteiger partial charge on any atom is -0.396 e. The lowest BCUT2D eigenvalue weighted by Crippen LogP contribution is -2.64. The van der Waals surface area contributed by atoms with Crippen molar-refractivity contribution in [3.63, 3.8) is 0 Å². The fourth-order valence-corrected chi connectivity index (χ4v) is 15.4. The Morgan fingerprint density at radius 1 is 0.441 bits per heavy atom. The average Bonchev–Trinajstić information content (AvgIpc) is 0.806. The van der Waals surface area contributed by atoms with Crippen molar-refractivity contribution in [3.8, 4) is 0 Å². The number of thioether (sulfide) groups is 1. The van der Waals surface area contributed by atoms with Gasteiger partial charge in [-0.2, -0.15) is 11.8 Å². The Morgan fingerprint density at radius 3 is 1.35 bits per heavy atom. The Labute approximate surface area is 669 Å². The molecule has 6 N–H and O–H groups in total. The van der Waals surface area contributed by atoms with Crippen molar-refractivity contribution in [3.05, 3.63) is 35.4 Å². The van der Waals surface area contributed by atoms with Crippen molar-refractivity contribution >= 4 is 88.4 Å². The molecule has 28 heteroatoms. The Morgan fingerprint density at radius 2 is 0.865 bits per heavy atom. The van der Waals surface area contributed by atoms with E-state index < -0.39 is 155 Å². The van der Waals surface area contributed by atoms with Gasteiger partial charge in [-0.15, -0.1) is 0 Å².